The summed E-state index contributed by atoms with van der Waals surface area (Å²) in [6, 6.07) is 11.3. The number of carbonyl (C=O) groups excluding carboxylic acids is 1. The molecule has 0 aliphatic rings. The van der Waals surface area contributed by atoms with Gasteiger partial charge in [-0.3, -0.25) is 9.89 Å². The Labute approximate surface area is 135 Å². The van der Waals surface area contributed by atoms with Gasteiger partial charge in [0, 0.05) is 22.3 Å². The van der Waals surface area contributed by atoms with E-state index in [-0.39, 0.29) is 11.4 Å². The van der Waals surface area contributed by atoms with Crippen molar-refractivity contribution in [3.05, 3.63) is 70.9 Å². The van der Waals surface area contributed by atoms with Gasteiger partial charge in [0.2, 0.25) is 0 Å². The minimum atomic E-state index is -0.774. The molecule has 4 nitrogen and oxygen atoms in total. The molecule has 0 spiro atoms. The van der Waals surface area contributed by atoms with Crippen LogP contribution in [0, 0.1) is 11.6 Å². The number of aromatic nitrogens is 2. The third-order valence-electron chi connectivity index (χ3n) is 3.06. The van der Waals surface area contributed by atoms with Gasteiger partial charge in [-0.05, 0) is 30.3 Å². The fraction of sp³-hybridized carbons (Fsp3) is 0. The second-order valence-electron chi connectivity index (χ2n) is 4.79. The summed E-state index contributed by atoms with van der Waals surface area (Å²) in [5.41, 5.74) is 1.45. The number of H-pyrrole nitrogens is 1. The minimum absolute atomic E-state index is 0.0198. The van der Waals surface area contributed by atoms with Gasteiger partial charge in [-0.15, -0.1) is 0 Å². The van der Waals surface area contributed by atoms with Crippen LogP contribution in [0.2, 0.25) is 5.02 Å². The molecule has 0 unspecified atom stereocenters. The highest BCUT2D eigenvalue weighted by Crippen LogP contribution is 2.22. The van der Waals surface area contributed by atoms with Gasteiger partial charge in [0.05, 0.1) is 5.69 Å². The molecule has 0 atom stereocenters. The predicted molar refractivity (Wildman–Crippen MR) is 83.3 cm³/mol. The number of nitrogens with one attached hydrogen (secondary N) is 2. The number of hydrogen-bond acceptors (Lipinski definition) is 2. The molecule has 1 amide bonds. The molecule has 1 heterocycles. The number of rotatable bonds is 3. The van der Waals surface area contributed by atoms with Crippen molar-refractivity contribution in [3.63, 3.8) is 0 Å². The number of anilines is 1. The standard InChI is InChI=1S/C16H10ClF2N3O/c17-10-3-1-2-9(4-10)14-8-15(22-21-14)16(23)20-13-6-11(18)5-12(19)7-13/h1-8H,(H,20,23)(H,21,22). The average molecular weight is 334 g/mol. The molecule has 2 N–H and O–H groups in total. The Morgan fingerprint density at radius 3 is 2.52 bits per heavy atom. The fourth-order valence-corrected chi connectivity index (χ4v) is 2.25. The van der Waals surface area contributed by atoms with Gasteiger partial charge in [-0.1, -0.05) is 23.7 Å². The summed E-state index contributed by atoms with van der Waals surface area (Å²) in [4.78, 5) is 12.1. The summed E-state index contributed by atoms with van der Waals surface area (Å²) in [7, 11) is 0. The predicted octanol–water partition coefficient (Wildman–Crippen LogP) is 4.26. The molecular formula is C16H10ClF2N3O. The highest BCUT2D eigenvalue weighted by Gasteiger charge is 2.12. The summed E-state index contributed by atoms with van der Waals surface area (Å²) in [6.45, 7) is 0. The number of amides is 1. The number of halogens is 3. The zero-order valence-corrected chi connectivity index (χ0v) is 12.4. The van der Waals surface area contributed by atoms with Gasteiger partial charge in [0.15, 0.2) is 0 Å². The van der Waals surface area contributed by atoms with Gasteiger partial charge in [0.1, 0.15) is 17.3 Å². The van der Waals surface area contributed by atoms with Crippen LogP contribution < -0.4 is 5.32 Å². The van der Waals surface area contributed by atoms with Crippen LogP contribution >= 0.6 is 11.6 Å². The van der Waals surface area contributed by atoms with E-state index in [0.29, 0.717) is 10.7 Å². The van der Waals surface area contributed by atoms with Gasteiger partial charge in [-0.2, -0.15) is 5.10 Å². The molecule has 7 heteroatoms. The van der Waals surface area contributed by atoms with Gasteiger partial charge in [-0.25, -0.2) is 8.78 Å². The molecule has 0 aliphatic heterocycles. The number of hydrogen-bond donors (Lipinski definition) is 2. The Kier molecular flexibility index (Phi) is 4.08. The normalized spacial score (nSPS) is 10.6. The zero-order valence-electron chi connectivity index (χ0n) is 11.6. The van der Waals surface area contributed by atoms with Crippen molar-refractivity contribution in [1.29, 1.82) is 0 Å². The van der Waals surface area contributed by atoms with Gasteiger partial charge >= 0.3 is 0 Å². The molecule has 0 aliphatic carbocycles. The Bertz CT molecular complexity index is 859. The first kappa shape index (κ1) is 15.2. The molecule has 0 saturated carbocycles. The quantitative estimate of drug-likeness (QED) is 0.752. The van der Waals surface area contributed by atoms with E-state index in [4.69, 9.17) is 11.6 Å². The minimum Gasteiger partial charge on any atom is -0.320 e. The molecule has 0 radical (unpaired) electrons. The van der Waals surface area contributed by atoms with Crippen LogP contribution in [0.3, 0.4) is 0 Å². The van der Waals surface area contributed by atoms with Crippen molar-refractivity contribution in [1.82, 2.24) is 10.2 Å². The Morgan fingerprint density at radius 2 is 1.83 bits per heavy atom. The first-order valence-electron chi connectivity index (χ1n) is 6.60. The lowest BCUT2D eigenvalue weighted by molar-refractivity contribution is 0.102. The van der Waals surface area contributed by atoms with Crippen LogP contribution in [0.15, 0.2) is 48.5 Å². The van der Waals surface area contributed by atoms with Crippen molar-refractivity contribution < 1.29 is 13.6 Å². The van der Waals surface area contributed by atoms with Crippen LogP contribution in [-0.2, 0) is 0 Å². The average Bonchev–Trinajstić information content (AvgIpc) is 2.96. The first-order chi connectivity index (χ1) is 11.0. The Hall–Kier alpha value is -2.73. The molecule has 1 aromatic heterocycles. The third kappa shape index (κ3) is 3.54. The molecule has 0 fully saturated rings. The maximum atomic E-state index is 13.1. The zero-order chi connectivity index (χ0) is 16.4. The van der Waals surface area contributed by atoms with Crippen molar-refractivity contribution in [2.75, 3.05) is 5.32 Å². The fourth-order valence-electron chi connectivity index (χ4n) is 2.06. The lowest BCUT2D eigenvalue weighted by atomic mass is 10.1. The van der Waals surface area contributed by atoms with E-state index in [0.717, 1.165) is 23.8 Å². The van der Waals surface area contributed by atoms with E-state index in [9.17, 15) is 13.6 Å². The SMILES string of the molecule is O=C(Nc1cc(F)cc(F)c1)c1cc(-c2cccc(Cl)c2)n[nH]1. The maximum absolute atomic E-state index is 13.1. The highest BCUT2D eigenvalue weighted by molar-refractivity contribution is 6.30. The van der Waals surface area contributed by atoms with Crippen LogP contribution in [0.25, 0.3) is 11.3 Å². The molecule has 3 rings (SSSR count). The molecule has 23 heavy (non-hydrogen) atoms. The summed E-state index contributed by atoms with van der Waals surface area (Å²) < 4.78 is 26.2. The van der Waals surface area contributed by atoms with E-state index in [1.54, 1.807) is 24.3 Å². The molecule has 0 bridgehead atoms. The van der Waals surface area contributed by atoms with Crippen LogP contribution in [0.5, 0.6) is 0 Å². The second kappa shape index (κ2) is 6.18. The van der Waals surface area contributed by atoms with E-state index in [1.807, 2.05) is 0 Å². The first-order valence-corrected chi connectivity index (χ1v) is 6.98. The molecular weight excluding hydrogens is 324 g/mol. The molecule has 2 aromatic carbocycles. The van der Waals surface area contributed by atoms with Crippen molar-refractivity contribution in [3.8, 4) is 11.3 Å². The monoisotopic (exact) mass is 333 g/mol. The Balaban J connectivity index is 1.81. The number of aromatic amines is 1. The van der Waals surface area contributed by atoms with Gasteiger partial charge < -0.3 is 5.32 Å². The van der Waals surface area contributed by atoms with E-state index in [2.05, 4.69) is 15.5 Å². The van der Waals surface area contributed by atoms with Crippen molar-refractivity contribution in [2.24, 2.45) is 0 Å². The smallest absolute Gasteiger partial charge is 0.273 e. The van der Waals surface area contributed by atoms with Crippen LogP contribution in [-0.4, -0.2) is 16.1 Å². The van der Waals surface area contributed by atoms with Crippen LogP contribution in [0.4, 0.5) is 14.5 Å². The summed E-state index contributed by atoms with van der Waals surface area (Å²) in [6.07, 6.45) is 0. The third-order valence-corrected chi connectivity index (χ3v) is 3.30. The van der Waals surface area contributed by atoms with Crippen LogP contribution in [0.1, 0.15) is 10.5 Å². The number of carbonyl (C=O) groups is 1. The molecule has 3 aromatic rings. The maximum Gasteiger partial charge on any atom is 0.273 e. The van der Waals surface area contributed by atoms with Gasteiger partial charge in [0.25, 0.3) is 5.91 Å². The second-order valence-corrected chi connectivity index (χ2v) is 5.23. The van der Waals surface area contributed by atoms with Crippen molar-refractivity contribution >= 4 is 23.2 Å². The van der Waals surface area contributed by atoms with E-state index >= 15 is 0 Å². The highest BCUT2D eigenvalue weighted by atomic mass is 35.5. The summed E-state index contributed by atoms with van der Waals surface area (Å²) in [5.74, 6) is -2.11. The molecule has 116 valence electrons. The number of nitrogens with zero attached hydrogens (tertiary/aromatic N) is 1. The van der Waals surface area contributed by atoms with E-state index in [1.165, 1.54) is 6.07 Å². The summed E-state index contributed by atoms with van der Waals surface area (Å²) in [5, 5.41) is 9.56. The topological polar surface area (TPSA) is 57.8 Å². The number of benzene rings is 2. The lowest BCUT2D eigenvalue weighted by Crippen LogP contribution is -2.12. The van der Waals surface area contributed by atoms with E-state index < -0.39 is 17.5 Å². The molecule has 0 saturated heterocycles. The lowest BCUT2D eigenvalue weighted by Gasteiger charge is -2.03. The largest absolute Gasteiger partial charge is 0.320 e. The Morgan fingerprint density at radius 1 is 1.09 bits per heavy atom. The summed E-state index contributed by atoms with van der Waals surface area (Å²) >= 11 is 5.91. The van der Waals surface area contributed by atoms with Crippen molar-refractivity contribution in [2.45, 2.75) is 0 Å².